The van der Waals surface area contributed by atoms with Gasteiger partial charge in [-0.15, -0.1) is 0 Å². The third-order valence-corrected chi connectivity index (χ3v) is 6.76. The van der Waals surface area contributed by atoms with E-state index in [1.807, 2.05) is 18.5 Å². The molecule has 0 spiro atoms. The molecule has 0 bridgehead atoms. The molecule has 1 aliphatic heterocycles. The van der Waals surface area contributed by atoms with Gasteiger partial charge in [-0.25, -0.2) is 22.8 Å². The lowest BCUT2D eigenvalue weighted by molar-refractivity contribution is 0.0754. The third kappa shape index (κ3) is 2.48. The van der Waals surface area contributed by atoms with Gasteiger partial charge in [-0.1, -0.05) is 0 Å². The molecule has 10 heteroatoms. The molecular formula is C16H18N8OS. The molecule has 4 heterocycles. The molecule has 0 amide bonds. The predicted octanol–water partition coefficient (Wildman–Crippen LogP) is 1.39. The van der Waals surface area contributed by atoms with E-state index < -0.39 is 15.5 Å². The number of aromatic amines is 1. The molecule has 1 saturated heterocycles. The Labute approximate surface area is 151 Å². The number of nitrogens with zero attached hydrogens (tertiary/aromatic N) is 7. The van der Waals surface area contributed by atoms with Crippen molar-refractivity contribution in [3.63, 3.8) is 0 Å². The lowest BCUT2D eigenvalue weighted by atomic mass is 9.89. The van der Waals surface area contributed by atoms with Crippen LogP contribution in [0.3, 0.4) is 0 Å². The highest BCUT2D eigenvalue weighted by molar-refractivity contribution is 7.90. The number of nitriles is 1. The van der Waals surface area contributed by atoms with Gasteiger partial charge in [0.2, 0.25) is 0 Å². The second-order valence-electron chi connectivity index (χ2n) is 6.44. The summed E-state index contributed by atoms with van der Waals surface area (Å²) in [5, 5.41) is 14.7. The molecule has 0 saturated carbocycles. The summed E-state index contributed by atoms with van der Waals surface area (Å²) in [6.45, 7) is 0.940. The minimum atomic E-state index is -2.39. The average molecular weight is 370 g/mol. The lowest BCUT2D eigenvalue weighted by Gasteiger charge is -2.48. The second-order valence-corrected chi connectivity index (χ2v) is 8.84. The number of nitrogens with one attached hydrogen (secondary N) is 1. The molecule has 1 fully saturated rings. The SMILES string of the molecule is CN=[S@@](C)(=O)N1CC(CC#N)(n2cc(-c3ncnc4[nH]ccc34)cn2)C1. The first-order valence-corrected chi connectivity index (χ1v) is 9.93. The zero-order valence-electron chi connectivity index (χ0n) is 14.5. The van der Waals surface area contributed by atoms with Gasteiger partial charge >= 0.3 is 0 Å². The van der Waals surface area contributed by atoms with Gasteiger partial charge in [-0.05, 0) is 6.07 Å². The summed E-state index contributed by atoms with van der Waals surface area (Å²) in [5.41, 5.74) is 1.90. The van der Waals surface area contributed by atoms with Crippen molar-refractivity contribution in [2.45, 2.75) is 12.0 Å². The van der Waals surface area contributed by atoms with Crippen molar-refractivity contribution in [2.24, 2.45) is 4.36 Å². The van der Waals surface area contributed by atoms with Gasteiger partial charge in [-0.2, -0.15) is 10.4 Å². The van der Waals surface area contributed by atoms with Gasteiger partial charge in [0.05, 0.1) is 24.4 Å². The van der Waals surface area contributed by atoms with Gasteiger partial charge in [0, 0.05) is 49.7 Å². The van der Waals surface area contributed by atoms with Crippen LogP contribution in [0, 0.1) is 11.3 Å². The Morgan fingerprint density at radius 3 is 3.00 bits per heavy atom. The van der Waals surface area contributed by atoms with Crippen LogP contribution in [-0.2, 0) is 15.5 Å². The van der Waals surface area contributed by atoms with E-state index in [4.69, 9.17) is 0 Å². The van der Waals surface area contributed by atoms with E-state index in [0.29, 0.717) is 13.1 Å². The van der Waals surface area contributed by atoms with Crippen molar-refractivity contribution >= 4 is 20.9 Å². The van der Waals surface area contributed by atoms with Gasteiger partial charge in [0.1, 0.15) is 27.4 Å². The van der Waals surface area contributed by atoms with Crippen molar-refractivity contribution in [1.82, 2.24) is 29.0 Å². The molecule has 1 aliphatic rings. The molecule has 1 atom stereocenters. The molecule has 9 nitrogen and oxygen atoms in total. The Hall–Kier alpha value is -2.77. The van der Waals surface area contributed by atoms with E-state index >= 15 is 0 Å². The number of aromatic nitrogens is 5. The van der Waals surface area contributed by atoms with E-state index in [1.54, 1.807) is 28.5 Å². The zero-order chi connectivity index (χ0) is 18.4. The van der Waals surface area contributed by atoms with Crippen molar-refractivity contribution in [2.75, 3.05) is 26.4 Å². The topological polar surface area (TPSA) is 116 Å². The largest absolute Gasteiger partial charge is 0.346 e. The molecule has 0 aromatic carbocycles. The smallest absolute Gasteiger partial charge is 0.141 e. The summed E-state index contributed by atoms with van der Waals surface area (Å²) in [6.07, 6.45) is 8.86. The molecule has 0 aliphatic carbocycles. The van der Waals surface area contributed by atoms with Crippen molar-refractivity contribution < 1.29 is 4.21 Å². The third-order valence-electron chi connectivity index (χ3n) is 4.86. The van der Waals surface area contributed by atoms with Crippen LogP contribution in [0.25, 0.3) is 22.3 Å². The number of H-pyrrole nitrogens is 1. The minimum absolute atomic E-state index is 0.285. The first-order chi connectivity index (χ1) is 12.5. The second kappa shape index (κ2) is 5.89. The van der Waals surface area contributed by atoms with E-state index in [0.717, 1.165) is 22.3 Å². The van der Waals surface area contributed by atoms with Crippen LogP contribution in [0.4, 0.5) is 0 Å². The quantitative estimate of drug-likeness (QED) is 0.745. The highest BCUT2D eigenvalue weighted by Gasteiger charge is 2.48. The molecule has 4 rings (SSSR count). The standard InChI is InChI=1S/C16H18N8OS/c1-18-26(2,25)23-9-16(10-23,4-5-17)24-8-12(7-22-24)14-13-3-6-19-15(13)21-11-20-14/h3,6-8,11H,4,9-10H2,1-2H3,(H,19,20,21)/t26-/m1/s1. The van der Waals surface area contributed by atoms with Gasteiger partial charge in [0.25, 0.3) is 0 Å². The Balaban J connectivity index is 1.70. The number of hydrogen-bond donors (Lipinski definition) is 1. The maximum Gasteiger partial charge on any atom is 0.141 e. The molecule has 3 aromatic heterocycles. The Kier molecular flexibility index (Phi) is 3.78. The summed E-state index contributed by atoms with van der Waals surface area (Å²) >= 11 is 0. The summed E-state index contributed by atoms with van der Waals surface area (Å²) in [5.74, 6) is 0. The molecule has 1 N–H and O–H groups in total. The summed E-state index contributed by atoms with van der Waals surface area (Å²) in [7, 11) is -0.841. The highest BCUT2D eigenvalue weighted by Crippen LogP contribution is 2.35. The van der Waals surface area contributed by atoms with Crippen molar-refractivity contribution in [3.05, 3.63) is 31.0 Å². The van der Waals surface area contributed by atoms with Gasteiger partial charge < -0.3 is 4.98 Å². The monoisotopic (exact) mass is 370 g/mol. The normalized spacial score (nSPS) is 18.8. The van der Waals surface area contributed by atoms with Crippen LogP contribution in [0.2, 0.25) is 0 Å². The molecule has 134 valence electrons. The van der Waals surface area contributed by atoms with Crippen LogP contribution in [0.5, 0.6) is 0 Å². The first-order valence-electron chi connectivity index (χ1n) is 8.05. The van der Waals surface area contributed by atoms with E-state index in [2.05, 4.69) is 30.5 Å². The van der Waals surface area contributed by atoms with Crippen LogP contribution in [0.15, 0.2) is 35.3 Å². The maximum atomic E-state index is 12.4. The van der Waals surface area contributed by atoms with Crippen LogP contribution < -0.4 is 0 Å². The zero-order valence-corrected chi connectivity index (χ0v) is 15.3. The van der Waals surface area contributed by atoms with E-state index in [1.165, 1.54) is 6.33 Å². The van der Waals surface area contributed by atoms with E-state index in [-0.39, 0.29) is 6.42 Å². The summed E-state index contributed by atoms with van der Waals surface area (Å²) in [6, 6.07) is 4.16. The molecule has 3 aromatic rings. The minimum Gasteiger partial charge on any atom is -0.346 e. The Bertz CT molecular complexity index is 1120. The average Bonchev–Trinajstić information content (AvgIpc) is 3.26. The fraction of sp³-hybridized carbons (Fsp3) is 0.375. The fourth-order valence-corrected chi connectivity index (χ4v) is 4.45. The molecule has 26 heavy (non-hydrogen) atoms. The fourth-order valence-electron chi connectivity index (χ4n) is 3.26. The van der Waals surface area contributed by atoms with Crippen LogP contribution in [-0.4, -0.2) is 59.6 Å². The number of hydrogen-bond acceptors (Lipinski definition) is 6. The first kappa shape index (κ1) is 16.7. The lowest BCUT2D eigenvalue weighted by Crippen LogP contribution is -2.63. The predicted molar refractivity (Wildman–Crippen MR) is 97.3 cm³/mol. The van der Waals surface area contributed by atoms with Crippen LogP contribution >= 0.6 is 0 Å². The summed E-state index contributed by atoms with van der Waals surface area (Å²) in [4.78, 5) is 11.6. The van der Waals surface area contributed by atoms with Crippen molar-refractivity contribution in [3.8, 4) is 17.3 Å². The van der Waals surface area contributed by atoms with Crippen molar-refractivity contribution in [1.29, 1.82) is 5.26 Å². The van der Waals surface area contributed by atoms with E-state index in [9.17, 15) is 9.47 Å². The Morgan fingerprint density at radius 1 is 1.46 bits per heavy atom. The molecular weight excluding hydrogens is 352 g/mol. The number of rotatable bonds is 4. The van der Waals surface area contributed by atoms with Gasteiger partial charge in [0.15, 0.2) is 0 Å². The van der Waals surface area contributed by atoms with Crippen LogP contribution in [0.1, 0.15) is 6.42 Å². The van der Waals surface area contributed by atoms with Gasteiger partial charge in [-0.3, -0.25) is 4.68 Å². The number of fused-ring (bicyclic) bond motifs is 1. The maximum absolute atomic E-state index is 12.4. The molecule has 0 unspecified atom stereocenters. The molecule has 0 radical (unpaired) electrons. The highest BCUT2D eigenvalue weighted by atomic mass is 32.2. The Morgan fingerprint density at radius 2 is 2.27 bits per heavy atom. The summed E-state index contributed by atoms with van der Waals surface area (Å²) < 4.78 is 20.0.